The molecule has 0 amide bonds. The van der Waals surface area contributed by atoms with Crippen molar-refractivity contribution >= 4 is 44.6 Å². The zero-order valence-electron chi connectivity index (χ0n) is 9.70. The standard InChI is InChI=1S/C9H14Cl2N2O2S2/c1-6(13(2)3)5-12-17(14,15)7-4-8(10)16-9(7)11/h4,6,12H,5H2,1-3H3/t6-/m1/s1. The van der Waals surface area contributed by atoms with Crippen LogP contribution >= 0.6 is 34.5 Å². The molecule has 17 heavy (non-hydrogen) atoms. The molecule has 1 rings (SSSR count). The molecule has 0 radical (unpaired) electrons. The summed E-state index contributed by atoms with van der Waals surface area (Å²) in [5.74, 6) is 0. The average Bonchev–Trinajstić information content (AvgIpc) is 2.55. The molecule has 1 aromatic rings. The summed E-state index contributed by atoms with van der Waals surface area (Å²) in [6, 6.07) is 1.45. The third-order valence-corrected chi connectivity index (χ3v) is 5.54. The summed E-state index contributed by atoms with van der Waals surface area (Å²) in [6.45, 7) is 2.24. The van der Waals surface area contributed by atoms with Gasteiger partial charge in [0, 0.05) is 12.6 Å². The number of nitrogens with one attached hydrogen (secondary N) is 1. The number of nitrogens with zero attached hydrogens (tertiary/aromatic N) is 1. The maximum atomic E-state index is 11.9. The first-order valence-corrected chi connectivity index (χ1v) is 7.90. The lowest BCUT2D eigenvalue weighted by Crippen LogP contribution is -2.38. The highest BCUT2D eigenvalue weighted by Gasteiger charge is 2.21. The van der Waals surface area contributed by atoms with Crippen LogP contribution in [0.25, 0.3) is 0 Å². The van der Waals surface area contributed by atoms with Crippen molar-refractivity contribution in [3.8, 4) is 0 Å². The Bertz CT molecular complexity index is 485. The van der Waals surface area contributed by atoms with E-state index < -0.39 is 10.0 Å². The van der Waals surface area contributed by atoms with E-state index in [-0.39, 0.29) is 15.3 Å². The third-order valence-electron chi connectivity index (χ3n) is 2.37. The first-order valence-electron chi connectivity index (χ1n) is 4.85. The molecule has 98 valence electrons. The van der Waals surface area contributed by atoms with Gasteiger partial charge in [0.2, 0.25) is 10.0 Å². The highest BCUT2D eigenvalue weighted by molar-refractivity contribution is 7.89. The fourth-order valence-corrected chi connectivity index (χ4v) is 4.27. The first-order chi connectivity index (χ1) is 7.74. The summed E-state index contributed by atoms with van der Waals surface area (Å²) in [4.78, 5) is 1.96. The van der Waals surface area contributed by atoms with Gasteiger partial charge in [-0.25, -0.2) is 13.1 Å². The molecule has 1 atom stereocenters. The van der Waals surface area contributed by atoms with Crippen LogP contribution in [-0.2, 0) is 10.0 Å². The van der Waals surface area contributed by atoms with E-state index in [1.165, 1.54) is 6.07 Å². The molecule has 0 aromatic carbocycles. The third kappa shape index (κ3) is 4.08. The van der Waals surface area contributed by atoms with Crippen molar-refractivity contribution < 1.29 is 8.42 Å². The highest BCUT2D eigenvalue weighted by atomic mass is 35.5. The van der Waals surface area contributed by atoms with E-state index in [4.69, 9.17) is 23.2 Å². The van der Waals surface area contributed by atoms with Gasteiger partial charge in [-0.2, -0.15) is 0 Å². The highest BCUT2D eigenvalue weighted by Crippen LogP contribution is 2.33. The molecule has 8 heteroatoms. The minimum absolute atomic E-state index is 0.0418. The quantitative estimate of drug-likeness (QED) is 0.906. The van der Waals surface area contributed by atoms with Gasteiger partial charge < -0.3 is 4.90 Å². The maximum absolute atomic E-state index is 11.9. The predicted octanol–water partition coefficient (Wildman–Crippen LogP) is 2.28. The fourth-order valence-electron chi connectivity index (χ4n) is 0.999. The number of thiophene rings is 1. The van der Waals surface area contributed by atoms with Crippen LogP contribution in [0.5, 0.6) is 0 Å². The number of hydrogen-bond donors (Lipinski definition) is 1. The van der Waals surface area contributed by atoms with Gasteiger partial charge in [-0.05, 0) is 27.1 Å². The second kappa shape index (κ2) is 5.86. The summed E-state index contributed by atoms with van der Waals surface area (Å²) in [5, 5.41) is 0. The van der Waals surface area contributed by atoms with E-state index in [1.54, 1.807) is 0 Å². The molecule has 0 aliphatic heterocycles. The van der Waals surface area contributed by atoms with E-state index in [0.717, 1.165) is 11.3 Å². The van der Waals surface area contributed by atoms with Crippen LogP contribution < -0.4 is 4.72 Å². The number of halogens is 2. The Morgan fingerprint density at radius 2 is 2.06 bits per heavy atom. The zero-order valence-corrected chi connectivity index (χ0v) is 12.8. The molecule has 1 heterocycles. The largest absolute Gasteiger partial charge is 0.305 e. The topological polar surface area (TPSA) is 49.4 Å². The SMILES string of the molecule is C[C@H](CNS(=O)(=O)c1cc(Cl)sc1Cl)N(C)C. The molecule has 1 aromatic heterocycles. The summed E-state index contributed by atoms with van der Waals surface area (Å²) in [5.41, 5.74) is 0. The van der Waals surface area contributed by atoms with Crippen LogP contribution in [-0.4, -0.2) is 40.0 Å². The number of likely N-dealkylation sites (N-methyl/N-ethyl adjacent to an activating group) is 1. The van der Waals surface area contributed by atoms with E-state index in [1.807, 2.05) is 25.9 Å². The van der Waals surface area contributed by atoms with Gasteiger partial charge >= 0.3 is 0 Å². The molecule has 4 nitrogen and oxygen atoms in total. The van der Waals surface area contributed by atoms with Crippen molar-refractivity contribution in [2.45, 2.75) is 17.9 Å². The lowest BCUT2D eigenvalue weighted by molar-refractivity contribution is 0.314. The van der Waals surface area contributed by atoms with Crippen LogP contribution in [0.1, 0.15) is 6.92 Å². The molecule has 0 fully saturated rings. The van der Waals surface area contributed by atoms with E-state index in [0.29, 0.717) is 10.9 Å². The minimum Gasteiger partial charge on any atom is -0.305 e. The van der Waals surface area contributed by atoms with Gasteiger partial charge in [-0.15, -0.1) is 11.3 Å². The van der Waals surface area contributed by atoms with Crippen molar-refractivity contribution in [3.05, 3.63) is 14.7 Å². The fraction of sp³-hybridized carbons (Fsp3) is 0.556. The van der Waals surface area contributed by atoms with Crippen LogP contribution in [0.4, 0.5) is 0 Å². The number of rotatable bonds is 5. The molecule has 0 spiro atoms. The van der Waals surface area contributed by atoms with Gasteiger partial charge in [-0.1, -0.05) is 23.2 Å². The molecule has 1 N–H and O–H groups in total. The van der Waals surface area contributed by atoms with Crippen molar-refractivity contribution in [1.82, 2.24) is 9.62 Å². The number of sulfonamides is 1. The monoisotopic (exact) mass is 316 g/mol. The van der Waals surface area contributed by atoms with Crippen LogP contribution in [0, 0.1) is 0 Å². The lowest BCUT2D eigenvalue weighted by Gasteiger charge is -2.19. The van der Waals surface area contributed by atoms with Gasteiger partial charge in [-0.3, -0.25) is 0 Å². The summed E-state index contributed by atoms with van der Waals surface area (Å²) >= 11 is 12.6. The lowest BCUT2D eigenvalue weighted by atomic mass is 10.3. The van der Waals surface area contributed by atoms with E-state index in [2.05, 4.69) is 4.72 Å². The minimum atomic E-state index is -3.58. The molecule has 0 saturated heterocycles. The molecule has 0 unspecified atom stereocenters. The van der Waals surface area contributed by atoms with Crippen LogP contribution in [0.3, 0.4) is 0 Å². The summed E-state index contributed by atoms with van der Waals surface area (Å²) < 4.78 is 26.9. The van der Waals surface area contributed by atoms with Crippen LogP contribution in [0.15, 0.2) is 11.0 Å². The van der Waals surface area contributed by atoms with Gasteiger partial charge in [0.15, 0.2) is 0 Å². The average molecular weight is 317 g/mol. The Morgan fingerprint density at radius 3 is 2.47 bits per heavy atom. The molecule has 0 aliphatic rings. The summed E-state index contributed by atoms with van der Waals surface area (Å²) in [7, 11) is 0.183. The smallest absolute Gasteiger partial charge is 0.243 e. The summed E-state index contributed by atoms with van der Waals surface area (Å²) in [6.07, 6.45) is 0. The van der Waals surface area contributed by atoms with Gasteiger partial charge in [0.05, 0.1) is 4.34 Å². The van der Waals surface area contributed by atoms with Crippen molar-refractivity contribution in [1.29, 1.82) is 0 Å². The normalized spacial score (nSPS) is 14.2. The second-order valence-corrected chi connectivity index (χ2v) is 7.87. The molecule has 0 saturated carbocycles. The molecular weight excluding hydrogens is 303 g/mol. The maximum Gasteiger partial charge on any atom is 0.243 e. The van der Waals surface area contributed by atoms with E-state index in [9.17, 15) is 8.42 Å². The molecule has 0 aliphatic carbocycles. The predicted molar refractivity (Wildman–Crippen MR) is 72.7 cm³/mol. The first kappa shape index (κ1) is 15.2. The van der Waals surface area contributed by atoms with Crippen molar-refractivity contribution in [2.24, 2.45) is 0 Å². The van der Waals surface area contributed by atoms with Crippen LogP contribution in [0.2, 0.25) is 8.67 Å². The Balaban J connectivity index is 2.80. The van der Waals surface area contributed by atoms with Crippen molar-refractivity contribution in [2.75, 3.05) is 20.6 Å². The van der Waals surface area contributed by atoms with E-state index >= 15 is 0 Å². The van der Waals surface area contributed by atoms with Crippen molar-refractivity contribution in [3.63, 3.8) is 0 Å². The number of hydrogen-bond acceptors (Lipinski definition) is 4. The molecular formula is C9H14Cl2N2O2S2. The Kier molecular flexibility index (Phi) is 5.24. The zero-order chi connectivity index (χ0) is 13.2. The molecule has 0 bridgehead atoms. The second-order valence-electron chi connectivity index (χ2n) is 3.85. The Hall–Kier alpha value is 0.150. The Morgan fingerprint density at radius 1 is 1.47 bits per heavy atom. The van der Waals surface area contributed by atoms with Gasteiger partial charge in [0.25, 0.3) is 0 Å². The Labute approximate surface area is 116 Å². The van der Waals surface area contributed by atoms with Gasteiger partial charge in [0.1, 0.15) is 9.23 Å².